The third-order valence-corrected chi connectivity index (χ3v) is 7.86. The highest BCUT2D eigenvalue weighted by Gasteiger charge is 2.22. The average molecular weight is 483 g/mol. The van der Waals surface area contributed by atoms with Crippen LogP contribution in [0, 0.1) is 0 Å². The third kappa shape index (κ3) is 5.03. The smallest absolute Gasteiger partial charge is 0.260 e. The van der Waals surface area contributed by atoms with Gasteiger partial charge in [-0.2, -0.15) is 0 Å². The maximum Gasteiger partial charge on any atom is 0.260 e. The molecule has 1 amide bonds. The number of aromatic nitrogens is 1. The van der Waals surface area contributed by atoms with Crippen molar-refractivity contribution in [2.24, 2.45) is 0 Å². The lowest BCUT2D eigenvalue weighted by molar-refractivity contribution is 0.0985. The van der Waals surface area contributed by atoms with E-state index in [-0.39, 0.29) is 10.8 Å². The van der Waals surface area contributed by atoms with E-state index >= 15 is 0 Å². The Bertz CT molecular complexity index is 1370. The van der Waals surface area contributed by atoms with Gasteiger partial charge in [-0.3, -0.25) is 9.69 Å². The minimum absolute atomic E-state index is 0.144. The second-order valence-corrected chi connectivity index (χ2v) is 11.6. The predicted octanol–water partition coefficient (Wildman–Crippen LogP) is 5.66. The predicted molar refractivity (Wildman–Crippen MR) is 133 cm³/mol. The molecule has 4 rings (SSSR count). The van der Waals surface area contributed by atoms with Gasteiger partial charge in [0.2, 0.25) is 0 Å². The van der Waals surface area contributed by atoms with Gasteiger partial charge in [-0.15, -0.1) is 11.8 Å². The zero-order chi connectivity index (χ0) is 22.7. The number of benzene rings is 3. The Labute approximate surface area is 196 Å². The van der Waals surface area contributed by atoms with E-state index in [1.165, 1.54) is 17.6 Å². The van der Waals surface area contributed by atoms with E-state index in [1.807, 2.05) is 54.6 Å². The molecule has 4 aromatic rings. The summed E-state index contributed by atoms with van der Waals surface area (Å²) >= 11 is 3.00. The van der Waals surface area contributed by atoms with Gasteiger partial charge >= 0.3 is 0 Å². The number of thiazole rings is 1. The molecule has 5 nitrogen and oxygen atoms in total. The molecule has 0 saturated carbocycles. The lowest BCUT2D eigenvalue weighted by atomic mass is 10.1. The van der Waals surface area contributed by atoms with Crippen molar-refractivity contribution in [1.82, 2.24) is 4.98 Å². The van der Waals surface area contributed by atoms with Gasteiger partial charge in [0.15, 0.2) is 15.0 Å². The van der Waals surface area contributed by atoms with E-state index in [2.05, 4.69) is 11.9 Å². The van der Waals surface area contributed by atoms with Crippen molar-refractivity contribution in [3.8, 4) is 0 Å². The van der Waals surface area contributed by atoms with Crippen LogP contribution in [0.5, 0.6) is 0 Å². The molecule has 0 unspecified atom stereocenters. The van der Waals surface area contributed by atoms with Crippen LogP contribution in [0.1, 0.15) is 22.8 Å². The molecule has 0 spiro atoms. The number of amides is 1. The van der Waals surface area contributed by atoms with E-state index in [0.717, 1.165) is 20.9 Å². The number of rotatable bonds is 7. The Kier molecular flexibility index (Phi) is 6.64. The zero-order valence-corrected chi connectivity index (χ0v) is 20.1. The Morgan fingerprint density at radius 3 is 2.53 bits per heavy atom. The quantitative estimate of drug-likeness (QED) is 0.318. The Morgan fingerprint density at radius 2 is 1.81 bits per heavy atom. The standard InChI is InChI=1S/C24H22N2O3S3/c1-3-30-19-11-7-10-18(14-19)23(27)26(16-17-8-5-4-6-9-17)24-25-21-13-12-20(32(2,28)29)15-22(21)31-24/h4-15H,3,16H2,1-2H3. The van der Waals surface area contributed by atoms with Crippen LogP contribution in [0.2, 0.25) is 0 Å². The van der Waals surface area contributed by atoms with Gasteiger partial charge in [0.25, 0.3) is 5.91 Å². The van der Waals surface area contributed by atoms with Crippen molar-refractivity contribution in [2.75, 3.05) is 16.9 Å². The lowest BCUT2D eigenvalue weighted by Crippen LogP contribution is -2.30. The number of sulfone groups is 1. The molecule has 0 radical (unpaired) electrons. The van der Waals surface area contributed by atoms with Crippen LogP contribution in [0.25, 0.3) is 10.2 Å². The van der Waals surface area contributed by atoms with Crippen molar-refractivity contribution in [2.45, 2.75) is 23.3 Å². The molecule has 0 aliphatic carbocycles. The molecule has 0 aliphatic heterocycles. The number of hydrogen-bond acceptors (Lipinski definition) is 6. The van der Waals surface area contributed by atoms with E-state index in [9.17, 15) is 13.2 Å². The number of carbonyl (C=O) groups is 1. The van der Waals surface area contributed by atoms with Crippen LogP contribution >= 0.6 is 23.1 Å². The van der Waals surface area contributed by atoms with Crippen LogP contribution < -0.4 is 4.90 Å². The minimum Gasteiger partial charge on any atom is -0.279 e. The highest BCUT2D eigenvalue weighted by molar-refractivity contribution is 7.99. The largest absolute Gasteiger partial charge is 0.279 e. The molecular weight excluding hydrogens is 460 g/mol. The first-order valence-corrected chi connectivity index (χ1v) is 13.7. The Balaban J connectivity index is 1.77. The monoisotopic (exact) mass is 482 g/mol. The van der Waals surface area contributed by atoms with Crippen LogP contribution in [0.15, 0.2) is 82.6 Å². The molecule has 1 aromatic heterocycles. The van der Waals surface area contributed by atoms with Crippen LogP contribution in [-0.4, -0.2) is 31.3 Å². The Morgan fingerprint density at radius 1 is 1.03 bits per heavy atom. The molecule has 0 bridgehead atoms. The van der Waals surface area contributed by atoms with Crippen LogP contribution in [0.3, 0.4) is 0 Å². The summed E-state index contributed by atoms with van der Waals surface area (Å²) in [6, 6.07) is 22.2. The second-order valence-electron chi connectivity index (χ2n) is 7.24. The van der Waals surface area contributed by atoms with E-state index in [4.69, 9.17) is 0 Å². The highest BCUT2D eigenvalue weighted by atomic mass is 32.2. The van der Waals surface area contributed by atoms with Crippen molar-refractivity contribution < 1.29 is 13.2 Å². The van der Waals surface area contributed by atoms with Crippen LogP contribution in [0.4, 0.5) is 5.13 Å². The molecule has 0 atom stereocenters. The SMILES string of the molecule is CCSc1cccc(C(=O)N(Cc2ccccc2)c2nc3ccc(S(C)(=O)=O)cc3s2)c1. The summed E-state index contributed by atoms with van der Waals surface area (Å²) in [5.74, 6) is 0.779. The summed E-state index contributed by atoms with van der Waals surface area (Å²) in [6.07, 6.45) is 1.18. The van der Waals surface area contributed by atoms with E-state index in [0.29, 0.717) is 22.8 Å². The van der Waals surface area contributed by atoms with Gasteiger partial charge in [0, 0.05) is 16.7 Å². The summed E-state index contributed by atoms with van der Waals surface area (Å²) in [6.45, 7) is 2.44. The molecule has 0 saturated heterocycles. The fourth-order valence-corrected chi connectivity index (χ4v) is 5.72. The van der Waals surface area contributed by atoms with Gasteiger partial charge in [-0.1, -0.05) is 54.7 Å². The lowest BCUT2D eigenvalue weighted by Gasteiger charge is -2.20. The molecular formula is C24H22N2O3S3. The second kappa shape index (κ2) is 9.44. The van der Waals surface area contributed by atoms with Gasteiger partial charge in [0.1, 0.15) is 0 Å². The molecule has 0 N–H and O–H groups in total. The number of carbonyl (C=O) groups excluding carboxylic acids is 1. The molecule has 8 heteroatoms. The number of thioether (sulfide) groups is 1. The third-order valence-electron chi connectivity index (χ3n) is 4.83. The summed E-state index contributed by atoms with van der Waals surface area (Å²) in [5.41, 5.74) is 2.24. The number of nitrogens with zero attached hydrogens (tertiary/aromatic N) is 2. The van der Waals surface area contributed by atoms with E-state index < -0.39 is 9.84 Å². The van der Waals surface area contributed by atoms with Crippen molar-refractivity contribution in [1.29, 1.82) is 0 Å². The molecule has 164 valence electrons. The average Bonchev–Trinajstić information content (AvgIpc) is 3.21. The number of anilines is 1. The Hall–Kier alpha value is -2.68. The summed E-state index contributed by atoms with van der Waals surface area (Å²) in [5, 5.41) is 0.535. The van der Waals surface area contributed by atoms with Gasteiger partial charge < -0.3 is 0 Å². The topological polar surface area (TPSA) is 67.3 Å². The van der Waals surface area contributed by atoms with Crippen LogP contribution in [-0.2, 0) is 16.4 Å². The van der Waals surface area contributed by atoms with E-state index in [1.54, 1.807) is 34.9 Å². The van der Waals surface area contributed by atoms with Gasteiger partial charge in [0.05, 0.1) is 21.7 Å². The molecule has 0 aliphatic rings. The normalized spacial score (nSPS) is 11.6. The zero-order valence-electron chi connectivity index (χ0n) is 17.7. The van der Waals surface area contributed by atoms with Gasteiger partial charge in [-0.25, -0.2) is 13.4 Å². The molecule has 0 fully saturated rings. The minimum atomic E-state index is -3.33. The summed E-state index contributed by atoms with van der Waals surface area (Å²) in [7, 11) is -3.33. The van der Waals surface area contributed by atoms with Crippen molar-refractivity contribution in [3.63, 3.8) is 0 Å². The van der Waals surface area contributed by atoms with Gasteiger partial charge in [-0.05, 0) is 47.7 Å². The van der Waals surface area contributed by atoms with Crippen molar-refractivity contribution in [3.05, 3.63) is 83.9 Å². The number of hydrogen-bond donors (Lipinski definition) is 0. The van der Waals surface area contributed by atoms with Crippen molar-refractivity contribution >= 4 is 54.2 Å². The summed E-state index contributed by atoms with van der Waals surface area (Å²) < 4.78 is 24.6. The first-order valence-electron chi connectivity index (χ1n) is 10.0. The molecule has 1 heterocycles. The highest BCUT2D eigenvalue weighted by Crippen LogP contribution is 2.32. The molecule has 32 heavy (non-hydrogen) atoms. The fraction of sp³-hybridized carbons (Fsp3) is 0.167. The maximum absolute atomic E-state index is 13.6. The number of fused-ring (bicyclic) bond motifs is 1. The molecule has 3 aromatic carbocycles. The first-order chi connectivity index (χ1) is 15.3. The maximum atomic E-state index is 13.6. The fourth-order valence-electron chi connectivity index (χ4n) is 3.27. The first kappa shape index (κ1) is 22.5. The summed E-state index contributed by atoms with van der Waals surface area (Å²) in [4.78, 5) is 21.2.